The first-order chi connectivity index (χ1) is 6.86. The average molecular weight is 194 g/mol. The Morgan fingerprint density at radius 1 is 1.14 bits per heavy atom. The molecule has 0 aromatic carbocycles. The van der Waals surface area contributed by atoms with Crippen molar-refractivity contribution in [1.29, 1.82) is 0 Å². The van der Waals surface area contributed by atoms with Crippen molar-refractivity contribution in [2.75, 3.05) is 6.61 Å². The van der Waals surface area contributed by atoms with Gasteiger partial charge in [-0.25, -0.2) is 0 Å². The molecule has 14 heavy (non-hydrogen) atoms. The third-order valence-electron chi connectivity index (χ3n) is 4.12. The third kappa shape index (κ3) is 1.75. The summed E-state index contributed by atoms with van der Waals surface area (Å²) in [6, 6.07) is 0. The van der Waals surface area contributed by atoms with Gasteiger partial charge in [0.05, 0.1) is 0 Å². The van der Waals surface area contributed by atoms with Gasteiger partial charge in [-0.1, -0.05) is 25.5 Å². The SMILES string of the molecule is CCCC1C2C=CC(C2)C1CCCO. The highest BCUT2D eigenvalue weighted by Crippen LogP contribution is 2.51. The maximum absolute atomic E-state index is 8.89. The number of allylic oxidation sites excluding steroid dienone is 2. The molecule has 0 heterocycles. The van der Waals surface area contributed by atoms with Crippen LogP contribution in [-0.2, 0) is 0 Å². The molecule has 0 aliphatic heterocycles. The summed E-state index contributed by atoms with van der Waals surface area (Å²) in [5.74, 6) is 3.55. The van der Waals surface area contributed by atoms with Gasteiger partial charge in [0.25, 0.3) is 0 Å². The van der Waals surface area contributed by atoms with Crippen LogP contribution in [0.3, 0.4) is 0 Å². The van der Waals surface area contributed by atoms with Crippen molar-refractivity contribution in [1.82, 2.24) is 0 Å². The molecule has 2 aliphatic carbocycles. The summed E-state index contributed by atoms with van der Waals surface area (Å²) in [7, 11) is 0. The van der Waals surface area contributed by atoms with E-state index in [1.165, 1.54) is 25.7 Å². The molecular weight excluding hydrogens is 172 g/mol. The van der Waals surface area contributed by atoms with E-state index in [0.29, 0.717) is 6.61 Å². The van der Waals surface area contributed by atoms with E-state index in [1.807, 2.05) is 0 Å². The van der Waals surface area contributed by atoms with Crippen LogP contribution in [0.5, 0.6) is 0 Å². The topological polar surface area (TPSA) is 20.2 Å². The van der Waals surface area contributed by atoms with Crippen LogP contribution in [0.4, 0.5) is 0 Å². The van der Waals surface area contributed by atoms with E-state index in [9.17, 15) is 0 Å². The summed E-state index contributed by atoms with van der Waals surface area (Å²) in [4.78, 5) is 0. The van der Waals surface area contributed by atoms with Gasteiger partial charge in [0.1, 0.15) is 0 Å². The number of aliphatic hydroxyl groups excluding tert-OH is 1. The second-order valence-electron chi connectivity index (χ2n) is 4.93. The molecule has 80 valence electrons. The highest BCUT2D eigenvalue weighted by Gasteiger charge is 2.42. The standard InChI is InChI=1S/C13H22O/c1-2-4-12-10-6-7-11(9-10)13(12)5-3-8-14/h6-7,10-14H,2-5,8-9H2,1H3. The quantitative estimate of drug-likeness (QED) is 0.667. The Labute approximate surface area is 87.2 Å². The van der Waals surface area contributed by atoms with E-state index in [4.69, 9.17) is 5.11 Å². The highest BCUT2D eigenvalue weighted by molar-refractivity contribution is 5.13. The first kappa shape index (κ1) is 10.2. The zero-order valence-corrected chi connectivity index (χ0v) is 9.15. The van der Waals surface area contributed by atoms with Crippen molar-refractivity contribution in [2.45, 2.75) is 39.0 Å². The van der Waals surface area contributed by atoms with Crippen LogP contribution in [0.15, 0.2) is 12.2 Å². The van der Waals surface area contributed by atoms with E-state index in [2.05, 4.69) is 19.1 Å². The number of aliphatic hydroxyl groups is 1. The van der Waals surface area contributed by atoms with Crippen LogP contribution in [0.2, 0.25) is 0 Å². The first-order valence-electron chi connectivity index (χ1n) is 6.16. The number of hydrogen-bond donors (Lipinski definition) is 1. The second kappa shape index (κ2) is 4.48. The first-order valence-corrected chi connectivity index (χ1v) is 6.16. The van der Waals surface area contributed by atoms with Crippen LogP contribution in [0, 0.1) is 23.7 Å². The maximum atomic E-state index is 8.89. The Balaban J connectivity index is 1.95. The lowest BCUT2D eigenvalue weighted by Gasteiger charge is -2.27. The van der Waals surface area contributed by atoms with Crippen molar-refractivity contribution in [3.63, 3.8) is 0 Å². The van der Waals surface area contributed by atoms with Crippen LogP contribution in [0.25, 0.3) is 0 Å². The van der Waals surface area contributed by atoms with Gasteiger partial charge >= 0.3 is 0 Å². The molecule has 4 unspecified atom stereocenters. The fourth-order valence-corrected chi connectivity index (χ4v) is 3.54. The van der Waals surface area contributed by atoms with Crippen LogP contribution in [-0.4, -0.2) is 11.7 Å². The zero-order chi connectivity index (χ0) is 9.97. The summed E-state index contributed by atoms with van der Waals surface area (Å²) >= 11 is 0. The Morgan fingerprint density at radius 3 is 2.36 bits per heavy atom. The van der Waals surface area contributed by atoms with Gasteiger partial charge in [0.2, 0.25) is 0 Å². The van der Waals surface area contributed by atoms with Gasteiger partial charge in [-0.3, -0.25) is 0 Å². The lowest BCUT2D eigenvalue weighted by Crippen LogP contribution is -2.19. The maximum Gasteiger partial charge on any atom is 0.0431 e. The van der Waals surface area contributed by atoms with Gasteiger partial charge < -0.3 is 5.11 Å². The van der Waals surface area contributed by atoms with Crippen LogP contribution >= 0.6 is 0 Å². The number of fused-ring (bicyclic) bond motifs is 2. The molecule has 0 saturated heterocycles. The number of rotatable bonds is 5. The zero-order valence-electron chi connectivity index (χ0n) is 9.15. The van der Waals surface area contributed by atoms with E-state index in [-0.39, 0.29) is 0 Å². The monoisotopic (exact) mass is 194 g/mol. The van der Waals surface area contributed by atoms with Gasteiger partial charge in [0.15, 0.2) is 0 Å². The summed E-state index contributed by atoms with van der Waals surface area (Å²) in [5.41, 5.74) is 0. The normalized spacial score (nSPS) is 39.6. The predicted molar refractivity (Wildman–Crippen MR) is 58.9 cm³/mol. The Hall–Kier alpha value is -0.300. The predicted octanol–water partition coefficient (Wildman–Crippen LogP) is 3.00. The Bertz CT molecular complexity index is 209. The van der Waals surface area contributed by atoms with E-state index < -0.39 is 0 Å². The summed E-state index contributed by atoms with van der Waals surface area (Å²) in [6.07, 6.45) is 11.2. The molecule has 0 radical (unpaired) electrons. The highest BCUT2D eigenvalue weighted by atomic mass is 16.2. The molecule has 1 heteroatoms. The Kier molecular flexibility index (Phi) is 3.27. The minimum absolute atomic E-state index is 0.371. The third-order valence-corrected chi connectivity index (χ3v) is 4.12. The van der Waals surface area contributed by atoms with E-state index in [0.717, 1.165) is 30.1 Å². The van der Waals surface area contributed by atoms with Crippen molar-refractivity contribution in [3.05, 3.63) is 12.2 Å². The molecule has 0 aromatic heterocycles. The van der Waals surface area contributed by atoms with Crippen molar-refractivity contribution in [2.24, 2.45) is 23.7 Å². The summed E-state index contributed by atoms with van der Waals surface area (Å²) in [6.45, 7) is 2.66. The summed E-state index contributed by atoms with van der Waals surface area (Å²) in [5, 5.41) is 8.89. The lowest BCUT2D eigenvalue weighted by molar-refractivity contribution is 0.227. The van der Waals surface area contributed by atoms with Gasteiger partial charge in [-0.2, -0.15) is 0 Å². The molecule has 2 rings (SSSR count). The molecule has 4 atom stereocenters. The molecule has 1 N–H and O–H groups in total. The molecular formula is C13H22O. The van der Waals surface area contributed by atoms with Gasteiger partial charge in [-0.15, -0.1) is 0 Å². The average Bonchev–Trinajstić information content (AvgIpc) is 2.76. The minimum Gasteiger partial charge on any atom is -0.396 e. The van der Waals surface area contributed by atoms with Crippen LogP contribution in [0.1, 0.15) is 39.0 Å². The van der Waals surface area contributed by atoms with Crippen molar-refractivity contribution in [3.8, 4) is 0 Å². The molecule has 1 saturated carbocycles. The molecule has 0 aromatic rings. The number of hydrogen-bond acceptors (Lipinski definition) is 1. The molecule has 2 bridgehead atoms. The molecule has 1 nitrogen and oxygen atoms in total. The van der Waals surface area contributed by atoms with Gasteiger partial charge in [0, 0.05) is 6.61 Å². The van der Waals surface area contributed by atoms with Crippen LogP contribution < -0.4 is 0 Å². The summed E-state index contributed by atoms with van der Waals surface area (Å²) < 4.78 is 0. The van der Waals surface area contributed by atoms with E-state index >= 15 is 0 Å². The fraction of sp³-hybridized carbons (Fsp3) is 0.846. The molecule has 0 amide bonds. The fourth-order valence-electron chi connectivity index (χ4n) is 3.54. The smallest absolute Gasteiger partial charge is 0.0431 e. The Morgan fingerprint density at radius 2 is 1.79 bits per heavy atom. The van der Waals surface area contributed by atoms with Gasteiger partial charge in [-0.05, 0) is 49.4 Å². The largest absolute Gasteiger partial charge is 0.396 e. The lowest BCUT2D eigenvalue weighted by atomic mass is 9.78. The molecule has 0 spiro atoms. The molecule has 1 fully saturated rings. The minimum atomic E-state index is 0.371. The second-order valence-corrected chi connectivity index (χ2v) is 4.93. The van der Waals surface area contributed by atoms with Crippen molar-refractivity contribution >= 4 is 0 Å². The van der Waals surface area contributed by atoms with Crippen molar-refractivity contribution < 1.29 is 5.11 Å². The van der Waals surface area contributed by atoms with E-state index in [1.54, 1.807) is 0 Å². The molecule has 2 aliphatic rings.